The number of carbonyl (C=O) groups is 1. The predicted molar refractivity (Wildman–Crippen MR) is 57.4 cm³/mol. The molecule has 3 heteroatoms. The summed E-state index contributed by atoms with van der Waals surface area (Å²) in [6.45, 7) is 1.02. The largest absolute Gasteiger partial charge is 0.481 e. The molecule has 1 heterocycles. The lowest BCUT2D eigenvalue weighted by Gasteiger charge is -1.97. The standard InChI is InChI=1S/C12H17NO2/c14-12(15)8-4-1-2-5-9-13-10-6-3-7-11-13/h3,6-7,10-11H,1-2,4-5,8-9H2/p+1. The molecule has 0 aliphatic carbocycles. The van der Waals surface area contributed by atoms with Crippen LogP contribution < -0.4 is 4.57 Å². The number of carboxylic acid groups (broad SMARTS) is 1. The summed E-state index contributed by atoms with van der Waals surface area (Å²) in [4.78, 5) is 10.2. The van der Waals surface area contributed by atoms with Crippen LogP contribution in [0.4, 0.5) is 0 Å². The molecule has 0 bridgehead atoms. The maximum Gasteiger partial charge on any atom is 0.303 e. The van der Waals surface area contributed by atoms with E-state index < -0.39 is 5.97 Å². The Labute approximate surface area is 90.4 Å². The number of hydrogen-bond donors (Lipinski definition) is 1. The SMILES string of the molecule is O=C(O)CCCCCC[n+]1ccccc1. The lowest BCUT2D eigenvalue weighted by molar-refractivity contribution is -0.697. The van der Waals surface area contributed by atoms with Gasteiger partial charge >= 0.3 is 5.97 Å². The molecule has 0 atom stereocenters. The van der Waals surface area contributed by atoms with Gasteiger partial charge < -0.3 is 5.11 Å². The van der Waals surface area contributed by atoms with Gasteiger partial charge in [0.2, 0.25) is 0 Å². The van der Waals surface area contributed by atoms with E-state index in [9.17, 15) is 4.79 Å². The molecule has 0 saturated carbocycles. The molecular weight excluding hydrogens is 190 g/mol. The molecule has 82 valence electrons. The van der Waals surface area contributed by atoms with Gasteiger partial charge in [-0.05, 0) is 12.8 Å². The topological polar surface area (TPSA) is 41.2 Å². The van der Waals surface area contributed by atoms with E-state index >= 15 is 0 Å². The summed E-state index contributed by atoms with van der Waals surface area (Å²) in [5, 5.41) is 8.44. The summed E-state index contributed by atoms with van der Waals surface area (Å²) in [5.41, 5.74) is 0. The van der Waals surface area contributed by atoms with Crippen molar-refractivity contribution in [1.82, 2.24) is 0 Å². The monoisotopic (exact) mass is 208 g/mol. The first-order chi connectivity index (χ1) is 7.29. The van der Waals surface area contributed by atoms with Crippen molar-refractivity contribution in [3.63, 3.8) is 0 Å². The van der Waals surface area contributed by atoms with Crippen LogP contribution in [0.2, 0.25) is 0 Å². The average molecular weight is 208 g/mol. The average Bonchev–Trinajstić information content (AvgIpc) is 2.24. The highest BCUT2D eigenvalue weighted by Gasteiger charge is 1.99. The van der Waals surface area contributed by atoms with Crippen LogP contribution >= 0.6 is 0 Å². The minimum Gasteiger partial charge on any atom is -0.481 e. The Kier molecular flexibility index (Phi) is 5.44. The van der Waals surface area contributed by atoms with Gasteiger partial charge in [-0.1, -0.05) is 12.5 Å². The Morgan fingerprint density at radius 2 is 1.67 bits per heavy atom. The van der Waals surface area contributed by atoms with Crippen LogP contribution in [0.25, 0.3) is 0 Å². The van der Waals surface area contributed by atoms with Crippen LogP contribution in [0.3, 0.4) is 0 Å². The first-order valence-corrected chi connectivity index (χ1v) is 5.45. The van der Waals surface area contributed by atoms with Crippen molar-refractivity contribution in [1.29, 1.82) is 0 Å². The maximum atomic E-state index is 10.2. The highest BCUT2D eigenvalue weighted by Crippen LogP contribution is 2.02. The van der Waals surface area contributed by atoms with Crippen molar-refractivity contribution < 1.29 is 14.5 Å². The quantitative estimate of drug-likeness (QED) is 0.550. The molecule has 0 aliphatic heterocycles. The zero-order valence-corrected chi connectivity index (χ0v) is 8.93. The number of rotatable bonds is 7. The van der Waals surface area contributed by atoms with Gasteiger partial charge in [-0.25, -0.2) is 4.57 Å². The molecule has 0 spiro atoms. The molecule has 15 heavy (non-hydrogen) atoms. The van der Waals surface area contributed by atoms with Crippen molar-refractivity contribution >= 4 is 5.97 Å². The van der Waals surface area contributed by atoms with Crippen molar-refractivity contribution in [3.05, 3.63) is 30.6 Å². The van der Waals surface area contributed by atoms with E-state index in [4.69, 9.17) is 5.11 Å². The van der Waals surface area contributed by atoms with Crippen LogP contribution in [-0.2, 0) is 11.3 Å². The van der Waals surface area contributed by atoms with E-state index in [1.807, 2.05) is 18.2 Å². The van der Waals surface area contributed by atoms with Gasteiger partial charge in [0.15, 0.2) is 12.4 Å². The smallest absolute Gasteiger partial charge is 0.303 e. The molecule has 0 radical (unpaired) electrons. The van der Waals surface area contributed by atoms with Crippen LogP contribution in [-0.4, -0.2) is 11.1 Å². The fourth-order valence-corrected chi connectivity index (χ4v) is 1.51. The number of aliphatic carboxylic acids is 1. The van der Waals surface area contributed by atoms with Gasteiger partial charge in [0.05, 0.1) is 0 Å². The zero-order chi connectivity index (χ0) is 10.9. The normalized spacial score (nSPS) is 10.1. The van der Waals surface area contributed by atoms with Gasteiger partial charge in [0.25, 0.3) is 0 Å². The molecule has 1 N–H and O–H groups in total. The van der Waals surface area contributed by atoms with E-state index in [1.165, 1.54) is 0 Å². The second-order valence-electron chi connectivity index (χ2n) is 3.67. The third-order valence-electron chi connectivity index (χ3n) is 2.33. The van der Waals surface area contributed by atoms with Crippen molar-refractivity contribution in [3.8, 4) is 0 Å². The Balaban J connectivity index is 2.00. The highest BCUT2D eigenvalue weighted by atomic mass is 16.4. The molecule has 0 fully saturated rings. The first-order valence-electron chi connectivity index (χ1n) is 5.45. The van der Waals surface area contributed by atoms with E-state index in [2.05, 4.69) is 17.0 Å². The number of aryl methyl sites for hydroxylation is 1. The summed E-state index contributed by atoms with van der Waals surface area (Å²) < 4.78 is 2.15. The first kappa shape index (κ1) is 11.7. The minimum absolute atomic E-state index is 0.304. The second kappa shape index (κ2) is 6.98. The number of pyridine rings is 1. The van der Waals surface area contributed by atoms with Crippen molar-refractivity contribution in [2.75, 3.05) is 0 Å². The fraction of sp³-hybridized carbons (Fsp3) is 0.500. The van der Waals surface area contributed by atoms with E-state index in [0.29, 0.717) is 6.42 Å². The lowest BCUT2D eigenvalue weighted by atomic mass is 10.1. The number of hydrogen-bond acceptors (Lipinski definition) is 1. The molecular formula is C12H18NO2+. The Bertz CT molecular complexity index is 285. The molecule has 0 saturated heterocycles. The Morgan fingerprint density at radius 1 is 1.00 bits per heavy atom. The van der Waals surface area contributed by atoms with Crippen molar-refractivity contribution in [2.45, 2.75) is 38.6 Å². The molecule has 0 aliphatic rings. The third-order valence-corrected chi connectivity index (χ3v) is 2.33. The van der Waals surface area contributed by atoms with E-state index in [1.54, 1.807) is 0 Å². The van der Waals surface area contributed by atoms with Gasteiger partial charge in [0, 0.05) is 25.0 Å². The Morgan fingerprint density at radius 3 is 2.33 bits per heavy atom. The molecule has 0 aromatic carbocycles. The summed E-state index contributed by atoms with van der Waals surface area (Å²) in [6.07, 6.45) is 8.45. The molecule has 3 nitrogen and oxygen atoms in total. The minimum atomic E-state index is -0.688. The van der Waals surface area contributed by atoms with Crippen LogP contribution in [0.5, 0.6) is 0 Å². The summed E-state index contributed by atoms with van der Waals surface area (Å²) in [5.74, 6) is -0.688. The maximum absolute atomic E-state index is 10.2. The van der Waals surface area contributed by atoms with Gasteiger partial charge in [-0.2, -0.15) is 0 Å². The third kappa shape index (κ3) is 5.83. The zero-order valence-electron chi connectivity index (χ0n) is 8.93. The van der Waals surface area contributed by atoms with Gasteiger partial charge in [-0.15, -0.1) is 0 Å². The Hall–Kier alpha value is -1.38. The van der Waals surface area contributed by atoms with Crippen LogP contribution in [0.15, 0.2) is 30.6 Å². The second-order valence-corrected chi connectivity index (χ2v) is 3.67. The molecule has 1 aromatic heterocycles. The van der Waals surface area contributed by atoms with E-state index in [-0.39, 0.29) is 0 Å². The fourth-order valence-electron chi connectivity index (χ4n) is 1.51. The van der Waals surface area contributed by atoms with Gasteiger partial charge in [-0.3, -0.25) is 4.79 Å². The summed E-state index contributed by atoms with van der Waals surface area (Å²) >= 11 is 0. The van der Waals surface area contributed by atoms with Crippen molar-refractivity contribution in [2.24, 2.45) is 0 Å². The molecule has 0 unspecified atom stereocenters. The number of nitrogens with zero attached hydrogens (tertiary/aromatic N) is 1. The molecule has 1 aromatic rings. The van der Waals surface area contributed by atoms with Crippen LogP contribution in [0.1, 0.15) is 32.1 Å². The summed E-state index contributed by atoms with van der Waals surface area (Å²) in [6, 6.07) is 6.04. The number of carboxylic acids is 1. The van der Waals surface area contributed by atoms with Crippen LogP contribution in [0, 0.1) is 0 Å². The molecule has 0 amide bonds. The summed E-state index contributed by atoms with van der Waals surface area (Å²) in [7, 11) is 0. The lowest BCUT2D eigenvalue weighted by Crippen LogP contribution is -2.32. The number of aromatic nitrogens is 1. The highest BCUT2D eigenvalue weighted by molar-refractivity contribution is 5.66. The predicted octanol–water partition coefficient (Wildman–Crippen LogP) is 2.01. The van der Waals surface area contributed by atoms with Gasteiger partial charge in [0.1, 0.15) is 6.54 Å². The number of unbranched alkanes of at least 4 members (excludes halogenated alkanes) is 3. The molecule has 1 rings (SSSR count). The van der Waals surface area contributed by atoms with E-state index in [0.717, 1.165) is 32.2 Å².